The molecule has 24 heavy (non-hydrogen) atoms. The minimum Gasteiger partial charge on any atom is -0.454 e. The molecule has 1 aromatic carbocycles. The first-order valence-corrected chi connectivity index (χ1v) is 7.67. The molecule has 0 spiro atoms. The maximum absolute atomic E-state index is 13.2. The Hall–Kier alpha value is -2.60. The van der Waals surface area contributed by atoms with Crippen molar-refractivity contribution < 1.29 is 18.3 Å². The second kappa shape index (κ2) is 6.88. The van der Waals surface area contributed by atoms with Crippen LogP contribution in [-0.2, 0) is 17.9 Å². The Balaban J connectivity index is 1.68. The van der Waals surface area contributed by atoms with E-state index < -0.39 is 5.97 Å². The fourth-order valence-corrected chi connectivity index (χ4v) is 2.47. The van der Waals surface area contributed by atoms with Gasteiger partial charge in [0.05, 0.1) is 5.02 Å². The number of carbonyl (C=O) groups is 1. The molecule has 2 aromatic heterocycles. The largest absolute Gasteiger partial charge is 0.454 e. The van der Waals surface area contributed by atoms with Gasteiger partial charge in [-0.05, 0) is 31.2 Å². The second-order valence-electron chi connectivity index (χ2n) is 5.06. The zero-order chi connectivity index (χ0) is 17.1. The Morgan fingerprint density at radius 2 is 2.25 bits per heavy atom. The summed E-state index contributed by atoms with van der Waals surface area (Å²) in [6.45, 7) is 2.45. The highest BCUT2D eigenvalue weighted by Crippen LogP contribution is 2.20. The van der Waals surface area contributed by atoms with E-state index in [1.54, 1.807) is 29.0 Å². The molecule has 0 amide bonds. The van der Waals surface area contributed by atoms with E-state index in [9.17, 15) is 9.18 Å². The van der Waals surface area contributed by atoms with E-state index in [4.69, 9.17) is 20.8 Å². The smallest absolute Gasteiger partial charge is 0.355 e. The van der Waals surface area contributed by atoms with Crippen molar-refractivity contribution in [2.45, 2.75) is 20.1 Å². The Morgan fingerprint density at radius 3 is 3.00 bits per heavy atom. The van der Waals surface area contributed by atoms with Crippen LogP contribution < -0.4 is 0 Å². The number of nitrogens with zero attached hydrogens (tertiary/aromatic N) is 2. The van der Waals surface area contributed by atoms with Crippen molar-refractivity contribution in [3.8, 4) is 11.5 Å². The van der Waals surface area contributed by atoms with Crippen LogP contribution >= 0.6 is 11.6 Å². The third-order valence-electron chi connectivity index (χ3n) is 3.39. The van der Waals surface area contributed by atoms with Crippen LogP contribution in [0, 0.1) is 5.82 Å². The Bertz CT molecular complexity index is 872. The van der Waals surface area contributed by atoms with E-state index in [0.29, 0.717) is 28.5 Å². The second-order valence-corrected chi connectivity index (χ2v) is 5.50. The van der Waals surface area contributed by atoms with Crippen LogP contribution in [0.15, 0.2) is 47.2 Å². The first kappa shape index (κ1) is 16.3. The predicted octanol–water partition coefficient (Wildman–Crippen LogP) is 4.31. The zero-order valence-corrected chi connectivity index (χ0v) is 13.6. The summed E-state index contributed by atoms with van der Waals surface area (Å²) in [5.41, 5.74) is 1.32. The summed E-state index contributed by atoms with van der Waals surface area (Å²) in [7, 11) is 0. The van der Waals surface area contributed by atoms with Gasteiger partial charge >= 0.3 is 5.97 Å². The lowest BCUT2D eigenvalue weighted by Crippen LogP contribution is -2.11. The molecule has 0 radical (unpaired) electrons. The number of benzene rings is 1. The van der Waals surface area contributed by atoms with E-state index in [2.05, 4.69) is 4.98 Å². The number of carbonyl (C=O) groups excluding carboxylic acids is 1. The number of ether oxygens (including phenoxy) is 1. The predicted molar refractivity (Wildman–Crippen MR) is 86.1 cm³/mol. The summed E-state index contributed by atoms with van der Waals surface area (Å²) in [6.07, 6.45) is 3.04. The fraction of sp³-hybridized carbons (Fsp3) is 0.176. The standard InChI is InChI=1S/C17H14ClFN2O3/c1-2-21-8-12(18)7-15(21)17(22)24-10-14-9-23-16(20-14)11-4-3-5-13(19)6-11/h3-9H,2,10H2,1H3. The van der Waals surface area contributed by atoms with Gasteiger partial charge in [-0.15, -0.1) is 0 Å². The number of oxazole rings is 1. The minimum absolute atomic E-state index is 0.0514. The molecule has 0 aliphatic heterocycles. The van der Waals surface area contributed by atoms with Gasteiger partial charge in [0, 0.05) is 18.3 Å². The van der Waals surface area contributed by atoms with Crippen LogP contribution in [0.4, 0.5) is 4.39 Å². The lowest BCUT2D eigenvalue weighted by Gasteiger charge is -2.05. The molecule has 0 saturated heterocycles. The van der Waals surface area contributed by atoms with Crippen molar-refractivity contribution in [2.24, 2.45) is 0 Å². The van der Waals surface area contributed by atoms with Crippen molar-refractivity contribution >= 4 is 17.6 Å². The van der Waals surface area contributed by atoms with Crippen molar-refractivity contribution in [2.75, 3.05) is 0 Å². The number of hydrogen-bond acceptors (Lipinski definition) is 4. The van der Waals surface area contributed by atoms with Crippen molar-refractivity contribution in [3.63, 3.8) is 0 Å². The van der Waals surface area contributed by atoms with E-state index in [0.717, 1.165) is 0 Å². The van der Waals surface area contributed by atoms with Crippen molar-refractivity contribution in [3.05, 3.63) is 65.0 Å². The molecule has 0 aliphatic rings. The van der Waals surface area contributed by atoms with Crippen LogP contribution in [0.3, 0.4) is 0 Å². The van der Waals surface area contributed by atoms with Crippen molar-refractivity contribution in [1.29, 1.82) is 0 Å². The Morgan fingerprint density at radius 1 is 1.42 bits per heavy atom. The van der Waals surface area contributed by atoms with E-state index in [1.807, 2.05) is 6.92 Å². The summed E-state index contributed by atoms with van der Waals surface area (Å²) >= 11 is 5.90. The summed E-state index contributed by atoms with van der Waals surface area (Å²) in [5.74, 6) is -0.615. The van der Waals surface area contributed by atoms with Gasteiger partial charge in [0.2, 0.25) is 5.89 Å². The molecule has 7 heteroatoms. The Kier molecular flexibility index (Phi) is 4.66. The summed E-state index contributed by atoms with van der Waals surface area (Å²) in [6, 6.07) is 7.45. The summed E-state index contributed by atoms with van der Waals surface area (Å²) in [5, 5.41) is 0.471. The van der Waals surface area contributed by atoms with E-state index >= 15 is 0 Å². The average Bonchev–Trinajstić information content (AvgIpc) is 3.19. The quantitative estimate of drug-likeness (QED) is 0.644. The SMILES string of the molecule is CCn1cc(Cl)cc1C(=O)OCc1coc(-c2cccc(F)c2)n1. The van der Waals surface area contributed by atoms with Crippen LogP contribution in [0.1, 0.15) is 23.1 Å². The number of hydrogen-bond donors (Lipinski definition) is 0. The topological polar surface area (TPSA) is 57.3 Å². The maximum Gasteiger partial charge on any atom is 0.355 e. The molecule has 0 atom stereocenters. The molecule has 0 N–H and O–H groups in total. The molecular weight excluding hydrogens is 335 g/mol. The molecule has 5 nitrogen and oxygen atoms in total. The van der Waals surface area contributed by atoms with Crippen LogP contribution in [0.2, 0.25) is 5.02 Å². The van der Waals surface area contributed by atoms with Gasteiger partial charge in [-0.1, -0.05) is 17.7 Å². The number of rotatable bonds is 5. The molecule has 124 valence electrons. The third kappa shape index (κ3) is 3.49. The van der Waals surface area contributed by atoms with Crippen LogP contribution in [-0.4, -0.2) is 15.5 Å². The van der Waals surface area contributed by atoms with Gasteiger partial charge in [-0.2, -0.15) is 0 Å². The molecule has 0 bridgehead atoms. The number of aryl methyl sites for hydroxylation is 1. The maximum atomic E-state index is 13.2. The highest BCUT2D eigenvalue weighted by Gasteiger charge is 2.15. The molecule has 0 aliphatic carbocycles. The lowest BCUT2D eigenvalue weighted by molar-refractivity contribution is 0.0455. The van der Waals surface area contributed by atoms with E-state index in [1.165, 1.54) is 18.4 Å². The average molecular weight is 349 g/mol. The van der Waals surface area contributed by atoms with Gasteiger partial charge in [-0.25, -0.2) is 14.2 Å². The molecule has 0 saturated carbocycles. The normalized spacial score (nSPS) is 10.8. The number of aromatic nitrogens is 2. The fourth-order valence-electron chi connectivity index (χ4n) is 2.25. The minimum atomic E-state index is -0.501. The van der Waals surface area contributed by atoms with Crippen LogP contribution in [0.25, 0.3) is 11.5 Å². The van der Waals surface area contributed by atoms with Gasteiger partial charge < -0.3 is 13.7 Å². The molecular formula is C17H14ClFN2O3. The van der Waals surface area contributed by atoms with Crippen molar-refractivity contribution in [1.82, 2.24) is 9.55 Å². The zero-order valence-electron chi connectivity index (χ0n) is 12.8. The molecule has 2 heterocycles. The molecule has 0 fully saturated rings. The van der Waals surface area contributed by atoms with Gasteiger partial charge in [-0.3, -0.25) is 0 Å². The molecule has 3 aromatic rings. The van der Waals surface area contributed by atoms with Gasteiger partial charge in [0.1, 0.15) is 30.1 Å². The lowest BCUT2D eigenvalue weighted by atomic mass is 10.2. The Labute approximate surface area is 142 Å². The highest BCUT2D eigenvalue weighted by atomic mass is 35.5. The molecule has 0 unspecified atom stereocenters. The van der Waals surface area contributed by atoms with Gasteiger partial charge in [0.15, 0.2) is 0 Å². The summed E-state index contributed by atoms with van der Waals surface area (Å²) in [4.78, 5) is 16.3. The molecule has 3 rings (SSSR count). The first-order chi connectivity index (χ1) is 11.6. The highest BCUT2D eigenvalue weighted by molar-refractivity contribution is 6.30. The van der Waals surface area contributed by atoms with Crippen LogP contribution in [0.5, 0.6) is 0 Å². The monoisotopic (exact) mass is 348 g/mol. The number of esters is 1. The third-order valence-corrected chi connectivity index (χ3v) is 3.59. The summed E-state index contributed by atoms with van der Waals surface area (Å²) < 4.78 is 25.4. The van der Waals surface area contributed by atoms with Gasteiger partial charge in [0.25, 0.3) is 0 Å². The van der Waals surface area contributed by atoms with E-state index in [-0.39, 0.29) is 18.3 Å². The number of halogens is 2. The first-order valence-electron chi connectivity index (χ1n) is 7.30.